The van der Waals surface area contributed by atoms with E-state index in [4.69, 9.17) is 0 Å². The van der Waals surface area contributed by atoms with E-state index in [-0.39, 0.29) is 6.85 Å². The summed E-state index contributed by atoms with van der Waals surface area (Å²) in [5, 5.41) is 10.4. The fraction of sp³-hybridized carbons (Fsp3) is 0.190. The third-order valence-corrected chi connectivity index (χ3v) is 4.35. The van der Waals surface area contributed by atoms with Crippen molar-refractivity contribution in [1.82, 2.24) is 0 Å². The van der Waals surface area contributed by atoms with Gasteiger partial charge in [-0.05, 0) is 31.0 Å². The Morgan fingerprint density at radius 2 is 1.67 bits per heavy atom. The number of nitrogens with zero attached hydrogens (tertiary/aromatic N) is 1. The zero-order valence-corrected chi connectivity index (χ0v) is 14.1. The lowest BCUT2D eigenvalue weighted by Gasteiger charge is -2.11. The highest BCUT2D eigenvalue weighted by molar-refractivity contribution is 6.78. The highest BCUT2D eigenvalue weighted by atomic mass is 16.3. The molecule has 0 bridgehead atoms. The highest BCUT2D eigenvalue weighted by Crippen LogP contribution is 2.06. The lowest BCUT2D eigenvalue weighted by molar-refractivity contribution is -0.533. The molecule has 0 unspecified atom stereocenters. The molecule has 2 aromatic carbocycles. The van der Waals surface area contributed by atoms with Crippen molar-refractivity contribution in [2.24, 2.45) is 0 Å². The van der Waals surface area contributed by atoms with Crippen LogP contribution in [0.4, 0.5) is 0 Å². The first-order chi connectivity index (χ1) is 11.8. The Balaban J connectivity index is 2.07. The van der Waals surface area contributed by atoms with Crippen LogP contribution >= 0.6 is 0 Å². The molecule has 1 heterocycles. The van der Waals surface area contributed by atoms with E-state index in [1.54, 1.807) is 6.07 Å². The fourth-order valence-corrected chi connectivity index (χ4v) is 3.10. The van der Waals surface area contributed by atoms with Gasteiger partial charge in [0.05, 0.1) is 0 Å². The van der Waals surface area contributed by atoms with Gasteiger partial charge in [0.2, 0.25) is 0 Å². The molecule has 0 atom stereocenters. The van der Waals surface area contributed by atoms with Gasteiger partial charge in [0.1, 0.15) is 18.1 Å². The number of para-hydroxylation sites is 1. The largest absolute Gasteiger partial charge is 0.562 e. The molecule has 3 aromatic rings. The molecule has 0 spiro atoms. The molecule has 0 aliphatic heterocycles. The summed E-state index contributed by atoms with van der Waals surface area (Å²) in [6.07, 6.45) is 7.76. The summed E-state index contributed by atoms with van der Waals surface area (Å²) in [7, 11) is 0. The van der Waals surface area contributed by atoms with Gasteiger partial charge in [-0.3, -0.25) is 4.48 Å². The molecule has 3 rings (SSSR count). The second-order valence-corrected chi connectivity index (χ2v) is 6.14. The molecular weight excluding hydrogens is 293 g/mol. The first-order valence-corrected chi connectivity index (χ1v) is 8.62. The minimum Gasteiger partial charge on any atom is -0.508 e. The van der Waals surface area contributed by atoms with Crippen LogP contribution in [0, 0.1) is 0 Å². The SMILES string of the molecule is CCCCc1ccc[n+](B(c2ccccc2)c2ccccc2O)c1. The van der Waals surface area contributed by atoms with Crippen molar-refractivity contribution >= 4 is 17.8 Å². The van der Waals surface area contributed by atoms with Crippen LogP contribution in [0.5, 0.6) is 5.75 Å². The predicted molar refractivity (Wildman–Crippen MR) is 100 cm³/mol. The summed E-state index contributed by atoms with van der Waals surface area (Å²) in [5.74, 6) is 0.331. The maximum Gasteiger partial charge on any atom is 0.562 e. The monoisotopic (exact) mass is 316 g/mol. The van der Waals surface area contributed by atoms with Gasteiger partial charge in [0, 0.05) is 16.5 Å². The van der Waals surface area contributed by atoms with E-state index in [1.165, 1.54) is 18.4 Å². The number of rotatable bonds is 6. The number of phenolic OH excluding ortho intramolecular Hbond substituents is 1. The molecule has 24 heavy (non-hydrogen) atoms. The number of unbranched alkanes of at least 4 members (excludes halogenated alkanes) is 1. The number of aromatic hydroxyl groups is 1. The molecule has 1 N–H and O–H groups in total. The number of hydrogen-bond acceptors (Lipinski definition) is 1. The Morgan fingerprint density at radius 1 is 0.917 bits per heavy atom. The lowest BCUT2D eigenvalue weighted by Crippen LogP contribution is -2.65. The van der Waals surface area contributed by atoms with Crippen LogP contribution in [0.2, 0.25) is 0 Å². The topological polar surface area (TPSA) is 24.1 Å². The molecule has 0 aliphatic carbocycles. The Bertz CT molecular complexity index is 789. The number of pyridine rings is 1. The number of aromatic nitrogens is 1. The Hall–Kier alpha value is -2.55. The van der Waals surface area contributed by atoms with Crippen molar-refractivity contribution in [2.75, 3.05) is 0 Å². The van der Waals surface area contributed by atoms with E-state index < -0.39 is 0 Å². The van der Waals surface area contributed by atoms with Crippen molar-refractivity contribution in [3.63, 3.8) is 0 Å². The van der Waals surface area contributed by atoms with Crippen molar-refractivity contribution in [2.45, 2.75) is 26.2 Å². The van der Waals surface area contributed by atoms with E-state index in [1.807, 2.05) is 36.4 Å². The number of benzene rings is 2. The standard InChI is InChI=1S/C21H22BNO/c1-2-3-10-18-11-9-16-23(17-18)22(19-12-5-4-6-13-19)20-14-7-8-15-21(20)24/h4-9,11-17H,2-3,10H2,1H3/p+1. The average Bonchev–Trinajstić information content (AvgIpc) is 2.63. The minimum absolute atomic E-state index is 0.0334. The molecule has 0 saturated heterocycles. The molecular formula is C21H23BNO+. The Kier molecular flexibility index (Phi) is 5.32. The van der Waals surface area contributed by atoms with Gasteiger partial charge in [-0.1, -0.05) is 61.9 Å². The molecule has 1 aromatic heterocycles. The quantitative estimate of drug-likeness (QED) is 0.695. The third kappa shape index (κ3) is 3.68. The maximum atomic E-state index is 10.4. The summed E-state index contributed by atoms with van der Waals surface area (Å²) in [6.45, 7) is 2.18. The van der Waals surface area contributed by atoms with Gasteiger partial charge >= 0.3 is 6.85 Å². The zero-order valence-electron chi connectivity index (χ0n) is 14.1. The molecule has 0 amide bonds. The fourth-order valence-electron chi connectivity index (χ4n) is 3.10. The van der Waals surface area contributed by atoms with Crippen molar-refractivity contribution < 1.29 is 9.58 Å². The second-order valence-electron chi connectivity index (χ2n) is 6.14. The number of hydrogen-bond donors (Lipinski definition) is 1. The second kappa shape index (κ2) is 7.82. The van der Waals surface area contributed by atoms with E-state index >= 15 is 0 Å². The van der Waals surface area contributed by atoms with E-state index in [9.17, 15) is 5.11 Å². The van der Waals surface area contributed by atoms with E-state index in [2.05, 4.69) is 48.1 Å². The summed E-state index contributed by atoms with van der Waals surface area (Å²) >= 11 is 0. The minimum atomic E-state index is -0.0334. The smallest absolute Gasteiger partial charge is 0.508 e. The third-order valence-electron chi connectivity index (χ3n) is 4.35. The molecule has 120 valence electrons. The van der Waals surface area contributed by atoms with Crippen LogP contribution in [0.1, 0.15) is 25.3 Å². The van der Waals surface area contributed by atoms with Gasteiger partial charge in [-0.25, -0.2) is 0 Å². The van der Waals surface area contributed by atoms with Gasteiger partial charge < -0.3 is 5.11 Å². The molecule has 3 heteroatoms. The summed E-state index contributed by atoms with van der Waals surface area (Å²) < 4.78 is 2.20. The van der Waals surface area contributed by atoms with Gasteiger partial charge in [0.25, 0.3) is 0 Å². The van der Waals surface area contributed by atoms with Gasteiger partial charge in [-0.15, -0.1) is 0 Å². The molecule has 0 aliphatic rings. The molecule has 0 radical (unpaired) electrons. The number of aryl methyl sites for hydroxylation is 1. The summed E-state index contributed by atoms with van der Waals surface area (Å²) in [5.41, 5.74) is 3.41. The predicted octanol–water partition coefficient (Wildman–Crippen LogP) is 2.68. The summed E-state index contributed by atoms with van der Waals surface area (Å²) in [6, 6.07) is 22.2. The Labute approximate surface area is 144 Å². The van der Waals surface area contributed by atoms with Gasteiger partial charge in [-0.2, -0.15) is 0 Å². The van der Waals surface area contributed by atoms with E-state index in [0.29, 0.717) is 5.75 Å². The first kappa shape index (κ1) is 16.3. The van der Waals surface area contributed by atoms with Crippen LogP contribution in [0.15, 0.2) is 79.1 Å². The van der Waals surface area contributed by atoms with Crippen LogP contribution < -0.4 is 15.4 Å². The van der Waals surface area contributed by atoms with Crippen LogP contribution in [-0.2, 0) is 6.42 Å². The van der Waals surface area contributed by atoms with Crippen LogP contribution in [0.25, 0.3) is 0 Å². The van der Waals surface area contributed by atoms with Crippen LogP contribution in [-0.4, -0.2) is 12.0 Å². The molecule has 2 nitrogen and oxygen atoms in total. The van der Waals surface area contributed by atoms with Crippen LogP contribution in [0.3, 0.4) is 0 Å². The Morgan fingerprint density at radius 3 is 2.42 bits per heavy atom. The normalized spacial score (nSPS) is 10.5. The maximum absolute atomic E-state index is 10.4. The first-order valence-electron chi connectivity index (χ1n) is 8.62. The van der Waals surface area contributed by atoms with Crippen molar-refractivity contribution in [1.29, 1.82) is 0 Å². The lowest BCUT2D eigenvalue weighted by atomic mass is 9.50. The number of phenols is 1. The van der Waals surface area contributed by atoms with Gasteiger partial charge in [0.15, 0.2) is 0 Å². The van der Waals surface area contributed by atoms with Crippen molar-refractivity contribution in [3.05, 3.63) is 84.7 Å². The average molecular weight is 316 g/mol. The zero-order chi connectivity index (χ0) is 16.8. The summed E-state index contributed by atoms with van der Waals surface area (Å²) in [4.78, 5) is 0. The molecule has 0 saturated carbocycles. The van der Waals surface area contributed by atoms with E-state index in [0.717, 1.165) is 17.3 Å². The van der Waals surface area contributed by atoms with Crippen molar-refractivity contribution in [3.8, 4) is 5.75 Å². The highest BCUT2D eigenvalue weighted by Gasteiger charge is 2.35. The molecule has 0 fully saturated rings.